The second-order valence-electron chi connectivity index (χ2n) is 12.5. The highest BCUT2D eigenvalue weighted by atomic mass is 28.2. The Balaban J connectivity index is 1.65. The van der Waals surface area contributed by atoms with Crippen LogP contribution in [0.25, 0.3) is 0 Å². The van der Waals surface area contributed by atoms with Gasteiger partial charge >= 0.3 is 0 Å². The van der Waals surface area contributed by atoms with Crippen LogP contribution in [0, 0.1) is 17.3 Å². The van der Waals surface area contributed by atoms with Crippen LogP contribution in [0.15, 0.2) is 24.3 Å². The van der Waals surface area contributed by atoms with Gasteiger partial charge in [-0.15, -0.1) is 0 Å². The number of hydrogen-bond donors (Lipinski definition) is 1. The van der Waals surface area contributed by atoms with Gasteiger partial charge in [0.05, 0.1) is 0 Å². The van der Waals surface area contributed by atoms with Crippen molar-refractivity contribution < 1.29 is 22.4 Å². The van der Waals surface area contributed by atoms with E-state index in [4.69, 9.17) is 22.4 Å². The maximum atomic E-state index is 7.35. The quantitative estimate of drug-likeness (QED) is 0.228. The SMILES string of the molecule is C[SiH2]OC(O[SiH2]C)C(C)(C)c1ccc2c3c1OC1C(C(C)(C)C(O[SiH2]C)O[SiH2]C)C=C[C@H]4[C@@H](C2)NCC[C@]314. The number of ether oxygens (including phenoxy) is 1. The normalized spacial score (nSPS) is 32.3. The number of rotatable bonds is 12. The highest BCUT2D eigenvalue weighted by Crippen LogP contribution is 2.64. The summed E-state index contributed by atoms with van der Waals surface area (Å²) in [4.78, 5) is 0. The Bertz CT molecular complexity index is 1040. The van der Waals surface area contributed by atoms with E-state index in [1.54, 1.807) is 0 Å². The van der Waals surface area contributed by atoms with Crippen LogP contribution in [0.3, 0.4) is 0 Å². The van der Waals surface area contributed by atoms with Gasteiger partial charge in [-0.25, -0.2) is 0 Å². The standard InChI is InChI=1S/C28H49NO5Si4/c1-26(2,24(31-35-5)32-36-6)18-10-9-16-15-20-17-11-12-19(27(3,4)25(33-37-7)34-38-8)23-28(17,13-14-29-20)21(16)22(18)30-23/h9-12,17,19-20,23-25,29H,13-15,35-38H2,1-8H3/t17-,19?,20+,23?,28-/m0/s1. The van der Waals surface area contributed by atoms with Gasteiger partial charge < -0.3 is 27.8 Å². The van der Waals surface area contributed by atoms with Crippen LogP contribution in [0.4, 0.5) is 0 Å². The second kappa shape index (κ2) is 11.0. The number of piperidine rings is 1. The topological polar surface area (TPSA) is 58.2 Å². The van der Waals surface area contributed by atoms with Crippen molar-refractivity contribution in [2.24, 2.45) is 17.3 Å². The van der Waals surface area contributed by atoms with Crippen molar-refractivity contribution in [2.45, 2.75) is 102 Å². The van der Waals surface area contributed by atoms with Crippen molar-refractivity contribution in [1.29, 1.82) is 0 Å². The fourth-order valence-electron chi connectivity index (χ4n) is 7.99. The van der Waals surface area contributed by atoms with Gasteiger partial charge in [-0.1, -0.05) is 78.2 Å². The van der Waals surface area contributed by atoms with Gasteiger partial charge in [0.1, 0.15) is 24.4 Å². The van der Waals surface area contributed by atoms with Crippen LogP contribution < -0.4 is 10.1 Å². The highest BCUT2D eigenvalue weighted by molar-refractivity contribution is 6.26. The molecule has 38 heavy (non-hydrogen) atoms. The summed E-state index contributed by atoms with van der Waals surface area (Å²) >= 11 is 0. The van der Waals surface area contributed by atoms with Crippen molar-refractivity contribution in [1.82, 2.24) is 5.32 Å². The first-order valence-corrected chi connectivity index (χ1v) is 22.9. The molecule has 0 saturated carbocycles. The molecule has 4 aliphatic rings. The zero-order chi connectivity index (χ0) is 27.3. The minimum Gasteiger partial charge on any atom is -0.488 e. The van der Waals surface area contributed by atoms with E-state index in [0.29, 0.717) is 12.0 Å². The average Bonchev–Trinajstić information content (AvgIpc) is 3.21. The zero-order valence-electron chi connectivity index (χ0n) is 24.8. The van der Waals surface area contributed by atoms with E-state index in [1.807, 2.05) is 0 Å². The van der Waals surface area contributed by atoms with Gasteiger partial charge in [0.15, 0.2) is 39.1 Å². The molecule has 10 heteroatoms. The molecular weight excluding hydrogens is 543 g/mol. The van der Waals surface area contributed by atoms with Gasteiger partial charge in [-0.05, 0) is 24.9 Å². The second-order valence-corrected chi connectivity index (χ2v) is 16.2. The summed E-state index contributed by atoms with van der Waals surface area (Å²) in [5, 5.41) is 3.87. The number of benzene rings is 1. The van der Waals surface area contributed by atoms with Gasteiger partial charge in [-0.3, -0.25) is 0 Å². The number of nitrogens with one attached hydrogen (secondary N) is 1. The van der Waals surface area contributed by atoms with Crippen LogP contribution in [0.2, 0.25) is 26.2 Å². The first kappa shape index (κ1) is 28.9. The maximum Gasteiger partial charge on any atom is 0.161 e. The van der Waals surface area contributed by atoms with Gasteiger partial charge in [0.2, 0.25) is 0 Å². The molecule has 0 aromatic heterocycles. The lowest BCUT2D eigenvalue weighted by molar-refractivity contribution is -0.126. The molecule has 5 atom stereocenters. The Hall–Kier alpha value is -0.572. The molecule has 2 unspecified atom stereocenters. The van der Waals surface area contributed by atoms with Crippen molar-refractivity contribution in [3.63, 3.8) is 0 Å². The van der Waals surface area contributed by atoms with E-state index in [0.717, 1.165) is 25.1 Å². The molecule has 2 aliphatic heterocycles. The van der Waals surface area contributed by atoms with Crippen molar-refractivity contribution in [3.8, 4) is 5.75 Å². The fraction of sp³-hybridized carbons (Fsp3) is 0.714. The molecule has 6 nitrogen and oxygen atoms in total. The predicted molar refractivity (Wildman–Crippen MR) is 165 cm³/mol. The average molecular weight is 592 g/mol. The van der Waals surface area contributed by atoms with E-state index < -0.39 is 39.1 Å². The summed E-state index contributed by atoms with van der Waals surface area (Å²) < 4.78 is 32.8. The van der Waals surface area contributed by atoms with E-state index in [2.05, 4.69) is 83.5 Å². The molecule has 1 spiro atoms. The maximum absolute atomic E-state index is 7.35. The lowest BCUT2D eigenvalue weighted by Crippen LogP contribution is -2.65. The molecule has 2 bridgehead atoms. The summed E-state index contributed by atoms with van der Waals surface area (Å²) in [6.45, 7) is 19.1. The Morgan fingerprint density at radius 1 is 0.921 bits per heavy atom. The van der Waals surface area contributed by atoms with Crippen molar-refractivity contribution in [3.05, 3.63) is 41.0 Å². The van der Waals surface area contributed by atoms with E-state index >= 15 is 0 Å². The lowest BCUT2D eigenvalue weighted by atomic mass is 9.50. The lowest BCUT2D eigenvalue weighted by Gasteiger charge is -2.57. The Labute approximate surface area is 239 Å². The zero-order valence-corrected chi connectivity index (χ0v) is 30.4. The summed E-state index contributed by atoms with van der Waals surface area (Å²) in [5.41, 5.74) is 3.67. The van der Waals surface area contributed by atoms with E-state index in [1.165, 1.54) is 16.7 Å². The monoisotopic (exact) mass is 591 g/mol. The van der Waals surface area contributed by atoms with Crippen LogP contribution in [-0.4, -0.2) is 70.3 Å². The minimum atomic E-state index is -0.620. The molecule has 2 aliphatic carbocycles. The predicted octanol–water partition coefficient (Wildman–Crippen LogP) is 1.96. The van der Waals surface area contributed by atoms with E-state index in [-0.39, 0.29) is 40.8 Å². The molecular formula is C28H49NO5Si4. The van der Waals surface area contributed by atoms with Crippen molar-refractivity contribution >= 4 is 39.1 Å². The number of hydrogen-bond acceptors (Lipinski definition) is 6. The Morgan fingerprint density at radius 2 is 1.55 bits per heavy atom. The fourth-order valence-corrected chi connectivity index (χ4v) is 11.7. The van der Waals surface area contributed by atoms with Crippen LogP contribution in [0.1, 0.15) is 50.8 Å². The van der Waals surface area contributed by atoms with Gasteiger partial charge in [0.25, 0.3) is 0 Å². The summed E-state index contributed by atoms with van der Waals surface area (Å²) in [6.07, 6.45) is 6.83. The molecule has 1 saturated heterocycles. The first-order chi connectivity index (χ1) is 18.2. The summed E-state index contributed by atoms with van der Waals surface area (Å²) in [6, 6.07) is 5.17. The highest BCUT2D eigenvalue weighted by Gasteiger charge is 2.65. The smallest absolute Gasteiger partial charge is 0.161 e. The molecule has 1 aromatic rings. The largest absolute Gasteiger partial charge is 0.488 e. The third kappa shape index (κ3) is 4.33. The summed E-state index contributed by atoms with van der Waals surface area (Å²) in [7, 11) is -2.46. The van der Waals surface area contributed by atoms with Crippen molar-refractivity contribution in [2.75, 3.05) is 6.54 Å². The molecule has 1 aromatic carbocycles. The Morgan fingerprint density at radius 3 is 2.18 bits per heavy atom. The molecule has 0 radical (unpaired) electrons. The van der Waals surface area contributed by atoms with Gasteiger partial charge in [-0.2, -0.15) is 0 Å². The summed E-state index contributed by atoms with van der Waals surface area (Å²) in [5.74, 6) is 1.76. The Kier molecular flexibility index (Phi) is 8.39. The third-order valence-electron chi connectivity index (χ3n) is 9.75. The van der Waals surface area contributed by atoms with E-state index in [9.17, 15) is 0 Å². The van der Waals surface area contributed by atoms with Gasteiger partial charge in [0, 0.05) is 45.2 Å². The van der Waals surface area contributed by atoms with Crippen LogP contribution in [0.5, 0.6) is 5.75 Å². The third-order valence-corrected chi connectivity index (χ3v) is 12.3. The minimum absolute atomic E-state index is 0.0182. The molecule has 1 N–H and O–H groups in total. The van der Waals surface area contributed by atoms with Crippen LogP contribution in [-0.2, 0) is 35.0 Å². The molecule has 5 rings (SSSR count). The molecule has 0 amide bonds. The van der Waals surface area contributed by atoms with Crippen LogP contribution >= 0.6 is 0 Å². The first-order valence-electron chi connectivity index (χ1n) is 14.9. The molecule has 212 valence electrons. The molecule has 2 heterocycles. The molecule has 1 fully saturated rings.